The Morgan fingerprint density at radius 3 is 2.44 bits per heavy atom. The number of sulfonamides is 1. The summed E-state index contributed by atoms with van der Waals surface area (Å²) >= 11 is 1.31. The van der Waals surface area contributed by atoms with Gasteiger partial charge in [-0.1, -0.05) is 11.8 Å². The van der Waals surface area contributed by atoms with Crippen molar-refractivity contribution >= 4 is 39.3 Å². The third-order valence-corrected chi connectivity index (χ3v) is 5.75. The monoisotopic (exact) mass is 404 g/mol. The van der Waals surface area contributed by atoms with Crippen LogP contribution in [0.2, 0.25) is 0 Å². The lowest BCUT2D eigenvalue weighted by Crippen LogP contribution is -2.16. The van der Waals surface area contributed by atoms with E-state index in [1.54, 1.807) is 18.5 Å². The van der Waals surface area contributed by atoms with Crippen LogP contribution in [0.15, 0.2) is 65.2 Å². The molecule has 11 heteroatoms. The molecular formula is C16H16N6O3S2. The first-order valence-corrected chi connectivity index (χ1v) is 10.2. The number of amides is 1. The highest BCUT2D eigenvalue weighted by Crippen LogP contribution is 2.18. The maximum atomic E-state index is 12.3. The highest BCUT2D eigenvalue weighted by molar-refractivity contribution is 7.99. The number of hydrogen-bond donors (Lipinski definition) is 2. The summed E-state index contributed by atoms with van der Waals surface area (Å²) in [6, 6.07) is 7.41. The number of thioether (sulfide) groups is 1. The van der Waals surface area contributed by atoms with E-state index in [9.17, 15) is 13.2 Å². The summed E-state index contributed by atoms with van der Waals surface area (Å²) in [6.07, 6.45) is 6.33. The summed E-state index contributed by atoms with van der Waals surface area (Å²) in [5, 5.41) is 3.45. The molecule has 3 aromatic rings. The van der Waals surface area contributed by atoms with Gasteiger partial charge < -0.3 is 9.88 Å². The van der Waals surface area contributed by atoms with Crippen LogP contribution in [0.4, 0.5) is 11.6 Å². The molecule has 1 aromatic carbocycles. The standard InChI is InChI=1S/C16H16N6O3S2/c1-22-10-9-19-16(22)26-11-14(23)20-12-3-5-13(6-4-12)27(24,25)21-15-17-7-2-8-18-15/h2-10H,11H2,1H3,(H,20,23)(H,17,18,21). The minimum Gasteiger partial charge on any atom is -0.329 e. The fourth-order valence-corrected chi connectivity index (χ4v) is 3.76. The zero-order valence-corrected chi connectivity index (χ0v) is 15.9. The van der Waals surface area contributed by atoms with Crippen molar-refractivity contribution in [3.8, 4) is 0 Å². The Labute approximate surface area is 160 Å². The number of carbonyl (C=O) groups is 1. The molecular weight excluding hydrogens is 388 g/mol. The van der Waals surface area contributed by atoms with Crippen LogP contribution in [-0.4, -0.2) is 39.6 Å². The largest absolute Gasteiger partial charge is 0.329 e. The third-order valence-electron chi connectivity index (χ3n) is 3.35. The van der Waals surface area contributed by atoms with E-state index in [-0.39, 0.29) is 22.5 Å². The number of imidazole rings is 1. The van der Waals surface area contributed by atoms with Gasteiger partial charge in [-0.15, -0.1) is 0 Å². The number of anilines is 2. The molecule has 0 aliphatic carbocycles. The second-order valence-electron chi connectivity index (χ2n) is 5.36. The minimum atomic E-state index is -3.81. The van der Waals surface area contributed by atoms with Gasteiger partial charge in [0.25, 0.3) is 10.0 Å². The molecule has 140 valence electrons. The Balaban J connectivity index is 1.59. The molecule has 3 rings (SSSR count). The Morgan fingerprint density at radius 2 is 1.81 bits per heavy atom. The molecule has 0 spiro atoms. The molecule has 0 saturated carbocycles. The van der Waals surface area contributed by atoms with Gasteiger partial charge in [-0.25, -0.2) is 28.1 Å². The molecule has 0 radical (unpaired) electrons. The van der Waals surface area contributed by atoms with Gasteiger partial charge >= 0.3 is 0 Å². The lowest BCUT2D eigenvalue weighted by molar-refractivity contribution is -0.113. The van der Waals surface area contributed by atoms with Crippen molar-refractivity contribution in [2.45, 2.75) is 10.1 Å². The van der Waals surface area contributed by atoms with Crippen molar-refractivity contribution in [1.29, 1.82) is 0 Å². The SMILES string of the molecule is Cn1ccnc1SCC(=O)Nc1ccc(S(=O)(=O)Nc2ncccn2)cc1. The van der Waals surface area contributed by atoms with E-state index in [2.05, 4.69) is 25.0 Å². The second-order valence-corrected chi connectivity index (χ2v) is 7.98. The van der Waals surface area contributed by atoms with E-state index in [0.29, 0.717) is 5.69 Å². The average Bonchev–Trinajstić information content (AvgIpc) is 3.06. The quantitative estimate of drug-likeness (QED) is 0.576. The van der Waals surface area contributed by atoms with Gasteiger partial charge in [-0.05, 0) is 30.3 Å². The van der Waals surface area contributed by atoms with Crippen LogP contribution in [0.3, 0.4) is 0 Å². The second kappa shape index (κ2) is 8.18. The molecule has 2 aromatic heterocycles. The van der Waals surface area contributed by atoms with Gasteiger partial charge in [0, 0.05) is 37.5 Å². The van der Waals surface area contributed by atoms with Crippen molar-refractivity contribution in [3.63, 3.8) is 0 Å². The Kier molecular flexibility index (Phi) is 5.72. The van der Waals surface area contributed by atoms with Gasteiger partial charge in [0.05, 0.1) is 10.6 Å². The fraction of sp³-hybridized carbons (Fsp3) is 0.125. The van der Waals surface area contributed by atoms with Crippen LogP contribution >= 0.6 is 11.8 Å². The smallest absolute Gasteiger partial charge is 0.264 e. The maximum absolute atomic E-state index is 12.3. The van der Waals surface area contributed by atoms with Gasteiger partial charge in [0.1, 0.15) is 0 Å². The van der Waals surface area contributed by atoms with Gasteiger partial charge in [0.2, 0.25) is 11.9 Å². The predicted octanol–water partition coefficient (Wildman–Crippen LogP) is 1.74. The molecule has 0 fully saturated rings. The molecule has 2 N–H and O–H groups in total. The maximum Gasteiger partial charge on any atom is 0.264 e. The summed E-state index contributed by atoms with van der Waals surface area (Å²) in [6.45, 7) is 0. The molecule has 9 nitrogen and oxygen atoms in total. The van der Waals surface area contributed by atoms with Crippen LogP contribution < -0.4 is 10.0 Å². The van der Waals surface area contributed by atoms with E-state index in [0.717, 1.165) is 5.16 Å². The lowest BCUT2D eigenvalue weighted by Gasteiger charge is -2.08. The van der Waals surface area contributed by atoms with E-state index in [1.165, 1.54) is 48.4 Å². The van der Waals surface area contributed by atoms with Crippen molar-refractivity contribution < 1.29 is 13.2 Å². The first-order valence-electron chi connectivity index (χ1n) is 7.74. The topological polar surface area (TPSA) is 119 Å². The van der Waals surface area contributed by atoms with Crippen molar-refractivity contribution in [1.82, 2.24) is 19.5 Å². The molecule has 0 aliphatic heterocycles. The number of nitrogens with one attached hydrogen (secondary N) is 2. The number of nitrogens with zero attached hydrogens (tertiary/aromatic N) is 4. The average molecular weight is 404 g/mol. The lowest BCUT2D eigenvalue weighted by atomic mass is 10.3. The summed E-state index contributed by atoms with van der Waals surface area (Å²) in [4.78, 5) is 23.8. The highest BCUT2D eigenvalue weighted by atomic mass is 32.2. The van der Waals surface area contributed by atoms with Crippen LogP contribution in [0.5, 0.6) is 0 Å². The number of benzene rings is 1. The molecule has 0 unspecified atom stereocenters. The number of rotatable bonds is 7. The third kappa shape index (κ3) is 5.05. The number of aryl methyl sites for hydroxylation is 1. The summed E-state index contributed by atoms with van der Waals surface area (Å²) in [5.74, 6) is -0.0340. The zero-order valence-electron chi connectivity index (χ0n) is 14.2. The molecule has 0 saturated heterocycles. The fourth-order valence-electron chi connectivity index (χ4n) is 2.07. The Morgan fingerprint density at radius 1 is 1.11 bits per heavy atom. The molecule has 1 amide bonds. The Bertz CT molecular complexity index is 1020. The molecule has 0 bridgehead atoms. The van der Waals surface area contributed by atoms with E-state index < -0.39 is 10.0 Å². The first kappa shape index (κ1) is 18.9. The number of aromatic nitrogens is 4. The van der Waals surface area contributed by atoms with Crippen LogP contribution in [0, 0.1) is 0 Å². The van der Waals surface area contributed by atoms with Crippen LogP contribution in [-0.2, 0) is 21.9 Å². The summed E-state index contributed by atoms with van der Waals surface area (Å²) in [7, 11) is -1.96. The zero-order chi connectivity index (χ0) is 19.3. The van der Waals surface area contributed by atoms with Crippen molar-refractivity contribution in [2.24, 2.45) is 7.05 Å². The van der Waals surface area contributed by atoms with Crippen molar-refractivity contribution in [2.75, 3.05) is 15.8 Å². The van der Waals surface area contributed by atoms with Crippen LogP contribution in [0.25, 0.3) is 0 Å². The van der Waals surface area contributed by atoms with Gasteiger partial charge in [0.15, 0.2) is 5.16 Å². The predicted molar refractivity (Wildman–Crippen MR) is 102 cm³/mol. The summed E-state index contributed by atoms with van der Waals surface area (Å²) < 4.78 is 28.7. The minimum absolute atomic E-state index is 0.0128. The molecule has 0 aliphatic rings. The molecule has 27 heavy (non-hydrogen) atoms. The van der Waals surface area contributed by atoms with E-state index >= 15 is 0 Å². The van der Waals surface area contributed by atoms with Crippen LogP contribution in [0.1, 0.15) is 0 Å². The summed E-state index contributed by atoms with van der Waals surface area (Å²) in [5.41, 5.74) is 0.496. The normalized spacial score (nSPS) is 11.1. The number of carbonyl (C=O) groups excluding carboxylic acids is 1. The van der Waals surface area contributed by atoms with Gasteiger partial charge in [-0.3, -0.25) is 4.79 Å². The molecule has 0 atom stereocenters. The Hall–Kier alpha value is -2.92. The van der Waals surface area contributed by atoms with E-state index in [4.69, 9.17) is 0 Å². The van der Waals surface area contributed by atoms with E-state index in [1.807, 2.05) is 11.6 Å². The van der Waals surface area contributed by atoms with Gasteiger partial charge in [-0.2, -0.15) is 0 Å². The first-order chi connectivity index (χ1) is 12.9. The highest BCUT2D eigenvalue weighted by Gasteiger charge is 2.15. The van der Waals surface area contributed by atoms with Crippen molar-refractivity contribution in [3.05, 3.63) is 55.1 Å². The molecule has 2 heterocycles. The number of hydrogen-bond acceptors (Lipinski definition) is 7.